The van der Waals surface area contributed by atoms with Gasteiger partial charge in [-0.25, -0.2) is 0 Å². The zero-order valence-electron chi connectivity index (χ0n) is 19.0. The van der Waals surface area contributed by atoms with Crippen molar-refractivity contribution in [1.29, 1.82) is 0 Å². The molecule has 153 valence electrons. The molecule has 0 amide bonds. The van der Waals surface area contributed by atoms with E-state index in [1.807, 2.05) is 0 Å². The first-order valence-corrected chi connectivity index (χ1v) is 16.4. The molecular formula is C24H15B7N2P2-. The molecule has 11 heteroatoms. The molecule has 2 nitrogen and oxygen atoms in total. The van der Waals surface area contributed by atoms with Gasteiger partial charge in [-0.1, -0.05) is 0 Å². The monoisotopic (exact) mass is 470 g/mol. The third-order valence-corrected chi connectivity index (χ3v) is 17.6. The van der Waals surface area contributed by atoms with Crippen molar-refractivity contribution in [3.63, 3.8) is 0 Å². The van der Waals surface area contributed by atoms with Crippen LogP contribution >= 0.6 is 13.9 Å². The molecule has 10 rings (SSSR count). The molecule has 4 fully saturated rings. The summed E-state index contributed by atoms with van der Waals surface area (Å²) in [5.41, 5.74) is 8.30. The van der Waals surface area contributed by atoms with Crippen LogP contribution in [0.1, 0.15) is 0 Å². The third kappa shape index (κ3) is 2.12. The van der Waals surface area contributed by atoms with Gasteiger partial charge in [-0.2, -0.15) is 0 Å². The second kappa shape index (κ2) is 5.80. The summed E-state index contributed by atoms with van der Waals surface area (Å²) in [6.07, 6.45) is 0.126. The van der Waals surface area contributed by atoms with Crippen molar-refractivity contribution in [2.75, 3.05) is 0 Å². The Morgan fingerprint density at radius 2 is 1.46 bits per heavy atom. The number of nitrogens with zero attached hydrogens (tertiary/aromatic N) is 2. The first-order valence-electron chi connectivity index (χ1n) is 12.6. The van der Waals surface area contributed by atoms with Crippen LogP contribution in [0.15, 0.2) is 95.5 Å². The van der Waals surface area contributed by atoms with Crippen molar-refractivity contribution in [2.24, 2.45) is 4.52 Å². The molecule has 0 N–H and O–H groups in total. The van der Waals surface area contributed by atoms with E-state index < -0.39 is 6.39 Å². The second-order valence-corrected chi connectivity index (χ2v) is 17.8. The Morgan fingerprint density at radius 1 is 0.771 bits per heavy atom. The van der Waals surface area contributed by atoms with Crippen molar-refractivity contribution >= 4 is 104 Å². The van der Waals surface area contributed by atoms with Gasteiger partial charge in [-0.05, 0) is 0 Å². The Kier molecular flexibility index (Phi) is 3.13. The number of fused-ring (bicyclic) bond motifs is 7. The molecule has 4 saturated heterocycles. The average Bonchev–Trinajstić information content (AvgIpc) is 3.80. The van der Waals surface area contributed by atoms with Gasteiger partial charge in [0.25, 0.3) is 0 Å². The van der Waals surface area contributed by atoms with E-state index in [2.05, 4.69) is 116 Å². The van der Waals surface area contributed by atoms with E-state index in [9.17, 15) is 0 Å². The SMILES string of the molecule is [B]1B2[B-]P12(N=[P+]1B2[B-]B21)c1ccccc1B1c2ccccc2-n2c3ccccc3c3cccc1c32. The molecular weight excluding hydrogens is 454 g/mol. The van der Waals surface area contributed by atoms with E-state index in [0.29, 0.717) is 6.21 Å². The topological polar surface area (TPSA) is 17.3 Å². The molecule has 1 aromatic heterocycles. The van der Waals surface area contributed by atoms with E-state index in [-0.39, 0.29) is 14.2 Å². The summed E-state index contributed by atoms with van der Waals surface area (Å²) in [5, 5.41) is 4.25. The first-order chi connectivity index (χ1) is 17.3. The Hall–Kier alpha value is -2.34. The molecule has 0 aliphatic carbocycles. The van der Waals surface area contributed by atoms with Crippen LogP contribution in [0.5, 0.6) is 0 Å². The second-order valence-electron chi connectivity index (χ2n) is 10.9. The maximum atomic E-state index is 5.73. The van der Waals surface area contributed by atoms with Crippen LogP contribution in [0.25, 0.3) is 27.5 Å². The number of para-hydroxylation sites is 3. The van der Waals surface area contributed by atoms with Crippen molar-refractivity contribution in [1.82, 2.24) is 4.57 Å². The summed E-state index contributed by atoms with van der Waals surface area (Å²) in [6.45, 7) is 5.50. The molecule has 0 spiro atoms. The first kappa shape index (κ1) is 18.9. The van der Waals surface area contributed by atoms with Crippen molar-refractivity contribution < 1.29 is 0 Å². The molecule has 5 radical (unpaired) electrons. The third-order valence-electron chi connectivity index (χ3n) is 9.11. The minimum atomic E-state index is -2.25. The van der Waals surface area contributed by atoms with Crippen LogP contribution in [0.2, 0.25) is 0 Å². The van der Waals surface area contributed by atoms with Gasteiger partial charge in [0.05, 0.1) is 0 Å². The molecule has 0 atom stereocenters. The summed E-state index contributed by atoms with van der Waals surface area (Å²) < 4.78 is 8.24. The van der Waals surface area contributed by atoms with Crippen LogP contribution < -0.4 is 21.7 Å². The van der Waals surface area contributed by atoms with Gasteiger partial charge < -0.3 is 0 Å². The van der Waals surface area contributed by atoms with Crippen molar-refractivity contribution in [2.45, 2.75) is 0 Å². The molecule has 35 heavy (non-hydrogen) atoms. The average molecular weight is 469 g/mol. The van der Waals surface area contributed by atoms with Crippen LogP contribution in [0, 0.1) is 0 Å². The normalized spacial score (nSPS) is 21.5. The summed E-state index contributed by atoms with van der Waals surface area (Å²) in [6, 6.07) is 34.2. The Balaban J connectivity index is 1.30. The van der Waals surface area contributed by atoms with Crippen LogP contribution in [-0.4, -0.2) is 50.8 Å². The standard InChI is InChI=1S/C24H15B7N2P2/c1-4-13-21-16(8-1)17-9-7-12-20-24(17)33(21)22-14-5-2-10-18(22)28(20)19-11-3-6-15-23(19)35(26-29(35)27-35)32-34-30-25-31(30)34/h1-15H/q-1. The minimum absolute atomic E-state index is 0.0827. The fourth-order valence-electron chi connectivity index (χ4n) is 7.00. The van der Waals surface area contributed by atoms with Gasteiger partial charge in [-0.15, -0.1) is 0 Å². The number of rotatable bonds is 3. The molecule has 0 unspecified atom stereocenters. The van der Waals surface area contributed by atoms with E-state index in [4.69, 9.17) is 4.52 Å². The Bertz CT molecular complexity index is 1850. The zero-order valence-corrected chi connectivity index (χ0v) is 20.8. The molecule has 4 aromatic carbocycles. The molecule has 5 aliphatic heterocycles. The summed E-state index contributed by atoms with van der Waals surface area (Å²) in [4.78, 5) is 0. The molecule has 6 heterocycles. The Morgan fingerprint density at radius 3 is 2.26 bits per heavy atom. The molecule has 5 aromatic rings. The van der Waals surface area contributed by atoms with E-state index >= 15 is 0 Å². The van der Waals surface area contributed by atoms with E-state index in [1.54, 1.807) is 5.30 Å². The van der Waals surface area contributed by atoms with E-state index in [0.717, 1.165) is 12.4 Å². The van der Waals surface area contributed by atoms with Crippen molar-refractivity contribution in [3.05, 3.63) is 91.0 Å². The molecule has 5 aliphatic rings. The molecule has 0 saturated carbocycles. The van der Waals surface area contributed by atoms with Crippen LogP contribution in [0.4, 0.5) is 0 Å². The van der Waals surface area contributed by atoms with Gasteiger partial charge >= 0.3 is 209 Å². The van der Waals surface area contributed by atoms with Gasteiger partial charge in [0.15, 0.2) is 0 Å². The maximum absolute atomic E-state index is 5.73. The van der Waals surface area contributed by atoms with Gasteiger partial charge in [0.2, 0.25) is 0 Å². The quantitative estimate of drug-likeness (QED) is 0.280. The van der Waals surface area contributed by atoms with Crippen LogP contribution in [0.3, 0.4) is 0 Å². The summed E-state index contributed by atoms with van der Waals surface area (Å²) >= 11 is 0. The molecule has 0 bridgehead atoms. The summed E-state index contributed by atoms with van der Waals surface area (Å²) in [5.74, 6) is 0. The number of aromatic nitrogens is 1. The van der Waals surface area contributed by atoms with Gasteiger partial charge in [-0.3, -0.25) is 0 Å². The van der Waals surface area contributed by atoms with Crippen molar-refractivity contribution in [3.8, 4) is 5.69 Å². The van der Waals surface area contributed by atoms with Gasteiger partial charge in [0, 0.05) is 0 Å². The summed E-state index contributed by atoms with van der Waals surface area (Å²) in [7, 11) is 2.41. The predicted molar refractivity (Wildman–Crippen MR) is 162 cm³/mol. The predicted octanol–water partition coefficient (Wildman–Crippen LogP) is 2.41. The van der Waals surface area contributed by atoms with E-state index in [1.165, 1.54) is 43.9 Å². The van der Waals surface area contributed by atoms with Crippen LogP contribution in [-0.2, 0) is 0 Å². The number of benzene rings is 4. The van der Waals surface area contributed by atoms with Gasteiger partial charge in [0.1, 0.15) is 0 Å². The Labute approximate surface area is 208 Å². The number of hydrogen-bond acceptors (Lipinski definition) is 1. The fraction of sp³-hybridized carbons (Fsp3) is 0. The zero-order chi connectivity index (χ0) is 22.5. The number of hydrogen-bond donors (Lipinski definition) is 0. The fourth-order valence-corrected chi connectivity index (χ4v) is 16.4.